The van der Waals surface area contributed by atoms with Gasteiger partial charge in [0.1, 0.15) is 0 Å². The molecule has 1 aliphatic heterocycles. The Morgan fingerprint density at radius 3 is 2.94 bits per heavy atom. The first kappa shape index (κ1) is 15.4. The number of aryl methyl sites for hydroxylation is 1. The third-order valence-corrected chi connectivity index (χ3v) is 3.45. The zero-order valence-corrected chi connectivity index (χ0v) is 12.2. The summed E-state index contributed by atoms with van der Waals surface area (Å²) in [7, 11) is 2.04. The number of nitrogens with zero attached hydrogens (tertiary/aromatic N) is 2. The van der Waals surface area contributed by atoms with Crippen LogP contribution in [0.15, 0.2) is 18.3 Å². The van der Waals surface area contributed by atoms with Crippen LogP contribution in [0.3, 0.4) is 0 Å². The molecule has 4 heteroatoms. The minimum Gasteiger partial charge on any atom is -0.319 e. The van der Waals surface area contributed by atoms with Crippen LogP contribution in [0, 0.1) is 12.8 Å². The van der Waals surface area contributed by atoms with Crippen LogP contribution in [-0.4, -0.2) is 36.6 Å². The van der Waals surface area contributed by atoms with Gasteiger partial charge in [-0.05, 0) is 57.5 Å². The number of rotatable bonds is 4. The second kappa shape index (κ2) is 7.72. The van der Waals surface area contributed by atoms with Crippen LogP contribution >= 0.6 is 12.4 Å². The number of hydrogen-bond acceptors (Lipinski definition) is 3. The fourth-order valence-corrected chi connectivity index (χ4v) is 2.57. The van der Waals surface area contributed by atoms with E-state index in [0.29, 0.717) is 0 Å². The van der Waals surface area contributed by atoms with Gasteiger partial charge in [-0.1, -0.05) is 6.07 Å². The first-order valence-corrected chi connectivity index (χ1v) is 6.56. The van der Waals surface area contributed by atoms with Gasteiger partial charge >= 0.3 is 0 Å². The maximum atomic E-state index is 4.49. The molecule has 3 nitrogen and oxygen atoms in total. The number of likely N-dealkylation sites (tertiary alicyclic amines) is 1. The predicted octanol–water partition coefficient (Wildman–Crippen LogP) is 2.24. The molecule has 1 atom stereocenters. The van der Waals surface area contributed by atoms with Crippen LogP contribution in [0.25, 0.3) is 0 Å². The van der Waals surface area contributed by atoms with Gasteiger partial charge in [-0.3, -0.25) is 9.88 Å². The van der Waals surface area contributed by atoms with Crippen LogP contribution < -0.4 is 5.32 Å². The molecule has 18 heavy (non-hydrogen) atoms. The van der Waals surface area contributed by atoms with E-state index in [-0.39, 0.29) is 12.4 Å². The number of aromatic nitrogens is 1. The lowest BCUT2D eigenvalue weighted by molar-refractivity contribution is 0.165. The minimum absolute atomic E-state index is 0. The Balaban J connectivity index is 0.00000162. The van der Waals surface area contributed by atoms with Gasteiger partial charge in [0.05, 0.1) is 5.69 Å². The molecule has 1 aromatic heterocycles. The van der Waals surface area contributed by atoms with E-state index in [1.54, 1.807) is 0 Å². The number of nitrogens with one attached hydrogen (secondary N) is 1. The molecule has 0 spiro atoms. The van der Waals surface area contributed by atoms with Gasteiger partial charge < -0.3 is 5.32 Å². The van der Waals surface area contributed by atoms with Gasteiger partial charge in [0.15, 0.2) is 0 Å². The molecule has 1 fully saturated rings. The number of pyridine rings is 1. The largest absolute Gasteiger partial charge is 0.319 e. The lowest BCUT2D eigenvalue weighted by atomic mass is 9.98. The molecule has 0 amide bonds. The average Bonchev–Trinajstić information content (AvgIpc) is 2.33. The quantitative estimate of drug-likeness (QED) is 0.909. The number of halogens is 1. The van der Waals surface area contributed by atoms with Crippen molar-refractivity contribution < 1.29 is 0 Å². The highest BCUT2D eigenvalue weighted by Gasteiger charge is 2.19. The van der Waals surface area contributed by atoms with Crippen molar-refractivity contribution in [3.63, 3.8) is 0 Å². The maximum absolute atomic E-state index is 4.49. The topological polar surface area (TPSA) is 28.2 Å². The van der Waals surface area contributed by atoms with Gasteiger partial charge in [0.25, 0.3) is 0 Å². The summed E-state index contributed by atoms with van der Waals surface area (Å²) in [6, 6.07) is 4.30. The van der Waals surface area contributed by atoms with E-state index < -0.39 is 0 Å². The summed E-state index contributed by atoms with van der Waals surface area (Å²) >= 11 is 0. The molecule has 0 bridgehead atoms. The zero-order chi connectivity index (χ0) is 12.1. The molecular formula is C14H24ClN3. The maximum Gasteiger partial charge on any atom is 0.0544 e. The van der Waals surface area contributed by atoms with Gasteiger partial charge in [-0.2, -0.15) is 0 Å². The van der Waals surface area contributed by atoms with Crippen LogP contribution in [0.4, 0.5) is 0 Å². The van der Waals surface area contributed by atoms with Crippen molar-refractivity contribution in [2.75, 3.05) is 26.7 Å². The second-order valence-corrected chi connectivity index (χ2v) is 5.13. The SMILES string of the molecule is CNCC1CCCN(Cc2ccc(C)cn2)C1.Cl. The standard InChI is InChI=1S/C14H23N3.ClH/c1-12-5-6-14(16-8-12)11-17-7-3-4-13(10-17)9-15-2;/h5-6,8,13,15H,3-4,7,9-11H2,1-2H3;1H. The van der Waals surface area contributed by atoms with E-state index in [1.165, 1.54) is 37.2 Å². The van der Waals surface area contributed by atoms with Crippen LogP contribution in [-0.2, 0) is 6.54 Å². The summed E-state index contributed by atoms with van der Waals surface area (Å²) < 4.78 is 0. The Labute approximate surface area is 116 Å². The third kappa shape index (κ3) is 4.56. The highest BCUT2D eigenvalue weighted by atomic mass is 35.5. The molecule has 1 aromatic rings. The summed E-state index contributed by atoms with van der Waals surface area (Å²) in [5, 5.41) is 3.29. The van der Waals surface area contributed by atoms with Crippen molar-refractivity contribution in [2.45, 2.75) is 26.3 Å². The lowest BCUT2D eigenvalue weighted by Gasteiger charge is -2.32. The summed E-state index contributed by atoms with van der Waals surface area (Å²) in [5.41, 5.74) is 2.43. The van der Waals surface area contributed by atoms with E-state index in [0.717, 1.165) is 19.0 Å². The monoisotopic (exact) mass is 269 g/mol. The van der Waals surface area contributed by atoms with Crippen molar-refractivity contribution in [3.8, 4) is 0 Å². The average molecular weight is 270 g/mol. The summed E-state index contributed by atoms with van der Waals surface area (Å²) in [5.74, 6) is 0.805. The minimum atomic E-state index is 0. The van der Waals surface area contributed by atoms with E-state index in [2.05, 4.69) is 34.3 Å². The van der Waals surface area contributed by atoms with E-state index in [9.17, 15) is 0 Å². The molecule has 1 N–H and O–H groups in total. The predicted molar refractivity (Wildman–Crippen MR) is 78.1 cm³/mol. The molecule has 2 rings (SSSR count). The summed E-state index contributed by atoms with van der Waals surface area (Å²) in [6.45, 7) is 6.64. The molecule has 0 saturated carbocycles. The molecule has 1 unspecified atom stereocenters. The molecule has 0 radical (unpaired) electrons. The van der Waals surface area contributed by atoms with E-state index in [4.69, 9.17) is 0 Å². The first-order chi connectivity index (χ1) is 8.28. The molecule has 1 saturated heterocycles. The van der Waals surface area contributed by atoms with Crippen molar-refractivity contribution in [1.29, 1.82) is 0 Å². The van der Waals surface area contributed by atoms with Crippen molar-refractivity contribution in [1.82, 2.24) is 15.2 Å². The normalized spacial score (nSPS) is 20.4. The van der Waals surface area contributed by atoms with Gasteiger partial charge in [0.2, 0.25) is 0 Å². The Morgan fingerprint density at radius 2 is 2.28 bits per heavy atom. The highest BCUT2D eigenvalue weighted by Crippen LogP contribution is 2.17. The molecular weight excluding hydrogens is 246 g/mol. The number of piperidine rings is 1. The molecule has 2 heterocycles. The summed E-state index contributed by atoms with van der Waals surface area (Å²) in [4.78, 5) is 7.02. The van der Waals surface area contributed by atoms with Crippen LogP contribution in [0.5, 0.6) is 0 Å². The van der Waals surface area contributed by atoms with Crippen molar-refractivity contribution in [3.05, 3.63) is 29.6 Å². The van der Waals surface area contributed by atoms with Crippen LogP contribution in [0.2, 0.25) is 0 Å². The van der Waals surface area contributed by atoms with Gasteiger partial charge in [-0.25, -0.2) is 0 Å². The van der Waals surface area contributed by atoms with E-state index >= 15 is 0 Å². The number of hydrogen-bond donors (Lipinski definition) is 1. The fraction of sp³-hybridized carbons (Fsp3) is 0.643. The smallest absolute Gasteiger partial charge is 0.0544 e. The molecule has 0 aliphatic carbocycles. The van der Waals surface area contributed by atoms with Crippen molar-refractivity contribution in [2.24, 2.45) is 5.92 Å². The highest BCUT2D eigenvalue weighted by molar-refractivity contribution is 5.85. The van der Waals surface area contributed by atoms with Gasteiger partial charge in [-0.15, -0.1) is 12.4 Å². The Bertz CT molecular complexity index is 337. The van der Waals surface area contributed by atoms with Crippen LogP contribution in [0.1, 0.15) is 24.1 Å². The second-order valence-electron chi connectivity index (χ2n) is 5.13. The Kier molecular flexibility index (Phi) is 6.61. The third-order valence-electron chi connectivity index (χ3n) is 3.45. The first-order valence-electron chi connectivity index (χ1n) is 6.56. The van der Waals surface area contributed by atoms with Gasteiger partial charge in [0, 0.05) is 19.3 Å². The Morgan fingerprint density at radius 1 is 1.44 bits per heavy atom. The summed E-state index contributed by atoms with van der Waals surface area (Å²) in [6.07, 6.45) is 4.64. The zero-order valence-electron chi connectivity index (χ0n) is 11.4. The molecule has 102 valence electrons. The van der Waals surface area contributed by atoms with E-state index in [1.807, 2.05) is 13.2 Å². The van der Waals surface area contributed by atoms with Crippen molar-refractivity contribution >= 4 is 12.4 Å². The lowest BCUT2D eigenvalue weighted by Crippen LogP contribution is -2.38. The fourth-order valence-electron chi connectivity index (χ4n) is 2.57. The Hall–Kier alpha value is -0.640. The molecule has 1 aliphatic rings. The molecule has 0 aromatic carbocycles.